The Labute approximate surface area is 231 Å². The van der Waals surface area contributed by atoms with Crippen LogP contribution in [0.2, 0.25) is 0 Å². The van der Waals surface area contributed by atoms with E-state index >= 15 is 0 Å². The maximum atomic E-state index is 13.2. The summed E-state index contributed by atoms with van der Waals surface area (Å²) in [6, 6.07) is 13.5. The van der Waals surface area contributed by atoms with Crippen LogP contribution >= 0.6 is 12.2 Å². The van der Waals surface area contributed by atoms with Crippen LogP contribution in [0.4, 0.5) is 32.0 Å². The minimum absolute atomic E-state index is 0.0142. The molecule has 0 unspecified atom stereocenters. The molecule has 1 atom stereocenters. The molecule has 3 N–H and O–H groups in total. The molecule has 214 valence electrons. The first-order valence-electron chi connectivity index (χ1n) is 11.7. The summed E-state index contributed by atoms with van der Waals surface area (Å²) in [5.74, 6) is 0.554. The van der Waals surface area contributed by atoms with E-state index in [1.165, 1.54) is 14.2 Å². The van der Waals surface area contributed by atoms with Gasteiger partial charge in [0.25, 0.3) is 0 Å². The minimum atomic E-state index is -5.02. The third-order valence-electron chi connectivity index (χ3n) is 5.68. The number of anilines is 1. The molecule has 0 bridgehead atoms. The largest absolute Gasteiger partial charge is 0.493 e. The Kier molecular flexibility index (Phi) is 9.85. The van der Waals surface area contributed by atoms with Crippen molar-refractivity contribution in [2.75, 3.05) is 26.1 Å². The van der Waals surface area contributed by atoms with Gasteiger partial charge in [0, 0.05) is 12.2 Å². The summed E-state index contributed by atoms with van der Waals surface area (Å²) >= 11 is 5.15. The highest BCUT2D eigenvalue weighted by Crippen LogP contribution is 2.37. The highest BCUT2D eigenvalue weighted by atomic mass is 32.1. The van der Waals surface area contributed by atoms with E-state index in [0.29, 0.717) is 35.6 Å². The van der Waals surface area contributed by atoms with E-state index in [1.54, 1.807) is 42.5 Å². The molecule has 0 radical (unpaired) electrons. The number of hydrogen-bond donors (Lipinski definition) is 3. The molecular formula is C27H25F6N3O3S. The lowest BCUT2D eigenvalue weighted by Crippen LogP contribution is -2.42. The summed E-state index contributed by atoms with van der Waals surface area (Å²) < 4.78 is 89.8. The zero-order chi connectivity index (χ0) is 29.5. The number of carbonyl (C=O) groups excluding carboxylic acids is 1. The van der Waals surface area contributed by atoms with Crippen molar-refractivity contribution in [3.05, 3.63) is 89.0 Å². The van der Waals surface area contributed by atoms with Gasteiger partial charge in [0.2, 0.25) is 5.91 Å². The molecule has 3 aromatic rings. The summed E-state index contributed by atoms with van der Waals surface area (Å²) in [5.41, 5.74) is -2.22. The Hall–Kier alpha value is -4.00. The van der Waals surface area contributed by atoms with Gasteiger partial charge in [-0.3, -0.25) is 4.79 Å². The van der Waals surface area contributed by atoms with Crippen LogP contribution in [0.25, 0.3) is 0 Å². The van der Waals surface area contributed by atoms with Crippen molar-refractivity contribution in [3.8, 4) is 11.5 Å². The van der Waals surface area contributed by atoms with E-state index < -0.39 is 41.1 Å². The first-order chi connectivity index (χ1) is 18.8. The first-order valence-corrected chi connectivity index (χ1v) is 12.1. The van der Waals surface area contributed by atoms with Crippen molar-refractivity contribution in [3.63, 3.8) is 0 Å². The van der Waals surface area contributed by atoms with Gasteiger partial charge in [-0.1, -0.05) is 36.4 Å². The van der Waals surface area contributed by atoms with Gasteiger partial charge in [-0.05, 0) is 60.1 Å². The monoisotopic (exact) mass is 585 g/mol. The molecule has 0 saturated carbocycles. The smallest absolute Gasteiger partial charge is 0.416 e. The third kappa shape index (κ3) is 8.25. The number of amides is 1. The van der Waals surface area contributed by atoms with E-state index in [-0.39, 0.29) is 17.7 Å². The highest BCUT2D eigenvalue weighted by Gasteiger charge is 2.37. The fourth-order valence-corrected chi connectivity index (χ4v) is 3.98. The topological polar surface area (TPSA) is 71.6 Å². The number of ether oxygens (including phenoxy) is 2. The fraction of sp³-hybridized carbons (Fsp3) is 0.259. The normalized spacial score (nSPS) is 12.3. The molecule has 3 aromatic carbocycles. The van der Waals surface area contributed by atoms with Crippen molar-refractivity contribution in [2.24, 2.45) is 0 Å². The number of carbonyl (C=O) groups is 1. The lowest BCUT2D eigenvalue weighted by Gasteiger charge is -2.22. The van der Waals surface area contributed by atoms with Gasteiger partial charge in [-0.15, -0.1) is 0 Å². The molecule has 6 nitrogen and oxygen atoms in total. The van der Waals surface area contributed by atoms with Crippen molar-refractivity contribution in [1.29, 1.82) is 0 Å². The molecule has 0 heterocycles. The maximum absolute atomic E-state index is 13.2. The van der Waals surface area contributed by atoms with Crippen LogP contribution in [0.5, 0.6) is 11.5 Å². The third-order valence-corrected chi connectivity index (χ3v) is 5.90. The van der Waals surface area contributed by atoms with E-state index in [9.17, 15) is 31.1 Å². The highest BCUT2D eigenvalue weighted by molar-refractivity contribution is 7.80. The molecule has 0 saturated heterocycles. The van der Waals surface area contributed by atoms with E-state index in [1.807, 2.05) is 6.07 Å². The Morgan fingerprint density at radius 1 is 0.850 bits per heavy atom. The molecule has 0 spiro atoms. The van der Waals surface area contributed by atoms with Crippen molar-refractivity contribution in [1.82, 2.24) is 10.6 Å². The van der Waals surface area contributed by atoms with Gasteiger partial charge in [0.05, 0.1) is 25.3 Å². The molecule has 0 aliphatic carbocycles. The van der Waals surface area contributed by atoms with E-state index in [2.05, 4.69) is 16.0 Å². The molecule has 0 aromatic heterocycles. The number of thiocarbonyl (C=S) groups is 1. The molecule has 13 heteroatoms. The standard InChI is InChI=1S/C27H25F6N3O3S/c1-38-21-9-8-16(12-22(21)39-2)10-11-34-24(37)23(17-6-4-3-5-7-17)36-25(40)35-20-14-18(26(28,29)30)13-19(15-20)27(31,32)33/h3-9,12-15,23H,10-11H2,1-2H3,(H,34,37)(H2,35,36,40)/t23-/m1/s1. The average molecular weight is 586 g/mol. The molecule has 1 amide bonds. The van der Waals surface area contributed by atoms with Gasteiger partial charge in [-0.25, -0.2) is 0 Å². The molecule has 40 heavy (non-hydrogen) atoms. The van der Waals surface area contributed by atoms with Crippen LogP contribution in [0.1, 0.15) is 28.3 Å². The van der Waals surface area contributed by atoms with Crippen molar-refractivity contribution >= 4 is 28.9 Å². The number of nitrogens with one attached hydrogen (secondary N) is 3. The summed E-state index contributed by atoms with van der Waals surface area (Å²) in [6.07, 6.45) is -9.61. The molecule has 0 fully saturated rings. The maximum Gasteiger partial charge on any atom is 0.416 e. The van der Waals surface area contributed by atoms with Gasteiger partial charge < -0.3 is 25.4 Å². The number of halogens is 6. The number of hydrogen-bond acceptors (Lipinski definition) is 4. The molecule has 3 rings (SSSR count). The van der Waals surface area contributed by atoms with Gasteiger partial charge >= 0.3 is 12.4 Å². The van der Waals surface area contributed by atoms with E-state index in [4.69, 9.17) is 21.7 Å². The molecule has 0 aliphatic rings. The Bertz CT molecular complexity index is 1300. The minimum Gasteiger partial charge on any atom is -0.493 e. The zero-order valence-electron chi connectivity index (χ0n) is 21.2. The Morgan fingerprint density at radius 2 is 1.45 bits per heavy atom. The predicted molar refractivity (Wildman–Crippen MR) is 141 cm³/mol. The van der Waals surface area contributed by atoms with Gasteiger partial charge in [-0.2, -0.15) is 26.3 Å². The first kappa shape index (κ1) is 30.5. The number of methoxy groups -OCH3 is 2. The summed E-state index contributed by atoms with van der Waals surface area (Å²) in [6.45, 7) is 0.210. The average Bonchev–Trinajstić information content (AvgIpc) is 2.90. The second kappa shape index (κ2) is 12.9. The van der Waals surface area contributed by atoms with E-state index in [0.717, 1.165) is 5.56 Å². The predicted octanol–water partition coefficient (Wildman–Crippen LogP) is 6.13. The molecule has 0 aliphatic heterocycles. The fourth-order valence-electron chi connectivity index (χ4n) is 3.74. The summed E-state index contributed by atoms with van der Waals surface area (Å²) in [4.78, 5) is 13.1. The Balaban J connectivity index is 1.75. The summed E-state index contributed by atoms with van der Waals surface area (Å²) in [7, 11) is 3.01. The zero-order valence-corrected chi connectivity index (χ0v) is 22.1. The lowest BCUT2D eigenvalue weighted by atomic mass is 10.1. The number of rotatable bonds is 9. The lowest BCUT2D eigenvalue weighted by molar-refractivity contribution is -0.143. The Morgan fingerprint density at radius 3 is 2.00 bits per heavy atom. The number of benzene rings is 3. The number of alkyl halides is 6. The summed E-state index contributed by atoms with van der Waals surface area (Å²) in [5, 5.41) is 7.45. The van der Waals surface area contributed by atoms with Gasteiger partial charge in [0.1, 0.15) is 6.04 Å². The van der Waals surface area contributed by atoms with Crippen molar-refractivity contribution in [2.45, 2.75) is 24.8 Å². The van der Waals surface area contributed by atoms with Crippen LogP contribution < -0.4 is 25.4 Å². The van der Waals surface area contributed by atoms with Crippen molar-refractivity contribution < 1.29 is 40.6 Å². The van der Waals surface area contributed by atoms with Crippen LogP contribution in [0, 0.1) is 0 Å². The second-order valence-electron chi connectivity index (χ2n) is 8.47. The van der Waals surface area contributed by atoms with Crippen LogP contribution in [0.3, 0.4) is 0 Å². The van der Waals surface area contributed by atoms with Gasteiger partial charge in [0.15, 0.2) is 16.6 Å². The SMILES string of the molecule is COc1ccc(CCNC(=O)[C@H](NC(=S)Nc2cc(C(F)(F)F)cc(C(F)(F)F)c2)c2ccccc2)cc1OC. The van der Waals surface area contributed by atoms with Crippen LogP contribution in [0.15, 0.2) is 66.7 Å². The second-order valence-corrected chi connectivity index (χ2v) is 8.88. The van der Waals surface area contributed by atoms with Crippen LogP contribution in [-0.4, -0.2) is 31.8 Å². The molecular weight excluding hydrogens is 560 g/mol. The van der Waals surface area contributed by atoms with Crippen LogP contribution in [-0.2, 0) is 23.6 Å². The quantitative estimate of drug-likeness (QED) is 0.208.